The molecule has 0 bridgehead atoms. The zero-order valence-corrected chi connectivity index (χ0v) is 10.4. The Labute approximate surface area is 107 Å². The van der Waals surface area contributed by atoms with Gasteiger partial charge in [-0.2, -0.15) is 0 Å². The largest absolute Gasteiger partial charge is 0.327 e. The Morgan fingerprint density at radius 2 is 1.83 bits per heavy atom. The first kappa shape index (κ1) is 11.0. The maximum atomic E-state index is 4.51. The lowest BCUT2D eigenvalue weighted by Gasteiger charge is -2.18. The number of hydrogen-bond acceptors (Lipinski definition) is 1. The Balaban J connectivity index is 1.95. The van der Waals surface area contributed by atoms with Crippen LogP contribution in [0.25, 0.3) is 0 Å². The molecule has 0 saturated carbocycles. The Morgan fingerprint density at radius 1 is 1.11 bits per heavy atom. The highest BCUT2D eigenvalue weighted by molar-refractivity contribution is 5.29. The van der Waals surface area contributed by atoms with E-state index in [0.717, 1.165) is 5.82 Å². The average molecular weight is 236 g/mol. The van der Waals surface area contributed by atoms with Gasteiger partial charge in [-0.25, -0.2) is 4.98 Å². The van der Waals surface area contributed by atoms with E-state index in [-0.39, 0.29) is 0 Å². The van der Waals surface area contributed by atoms with E-state index in [1.54, 1.807) is 0 Å². The lowest BCUT2D eigenvalue weighted by molar-refractivity contribution is 0.601. The van der Waals surface area contributed by atoms with Gasteiger partial charge in [-0.1, -0.05) is 54.6 Å². The van der Waals surface area contributed by atoms with Crippen LogP contribution >= 0.6 is 0 Å². The van der Waals surface area contributed by atoms with Crippen LogP contribution in [0.3, 0.4) is 0 Å². The van der Waals surface area contributed by atoms with Gasteiger partial charge in [-0.05, 0) is 12.5 Å². The Kier molecular flexibility index (Phi) is 2.85. The highest BCUT2D eigenvalue weighted by atomic mass is 15.1. The molecule has 1 aliphatic rings. The lowest BCUT2D eigenvalue weighted by atomic mass is 10.1. The van der Waals surface area contributed by atoms with Gasteiger partial charge >= 0.3 is 0 Å². The Hall–Kier alpha value is -2.09. The molecule has 0 aliphatic heterocycles. The summed E-state index contributed by atoms with van der Waals surface area (Å²) in [6.07, 6.45) is 12.5. The predicted molar refractivity (Wildman–Crippen MR) is 73.5 cm³/mol. The molecule has 0 radical (unpaired) electrons. The van der Waals surface area contributed by atoms with Gasteiger partial charge in [0.1, 0.15) is 5.82 Å². The van der Waals surface area contributed by atoms with Crippen LogP contribution in [-0.2, 0) is 0 Å². The predicted octanol–water partition coefficient (Wildman–Crippen LogP) is 3.70. The summed E-state index contributed by atoms with van der Waals surface area (Å²) < 4.78 is 2.25. The van der Waals surface area contributed by atoms with Crippen LogP contribution in [0.4, 0.5) is 0 Å². The summed E-state index contributed by atoms with van der Waals surface area (Å²) in [5.41, 5.74) is 1.31. The van der Waals surface area contributed by atoms with Crippen LogP contribution in [0.5, 0.6) is 0 Å². The van der Waals surface area contributed by atoms with Crippen molar-refractivity contribution in [2.75, 3.05) is 0 Å². The van der Waals surface area contributed by atoms with Crippen molar-refractivity contribution in [1.82, 2.24) is 9.55 Å². The molecule has 0 spiro atoms. The van der Waals surface area contributed by atoms with E-state index in [1.807, 2.05) is 12.3 Å². The molecule has 2 nitrogen and oxygen atoms in total. The minimum Gasteiger partial charge on any atom is -0.327 e. The van der Waals surface area contributed by atoms with Gasteiger partial charge < -0.3 is 4.57 Å². The SMILES string of the molecule is C[C@@H](c1ccccc1)n1ccnc1C1C=CC=C1. The van der Waals surface area contributed by atoms with Crippen LogP contribution in [0, 0.1) is 0 Å². The lowest BCUT2D eigenvalue weighted by Crippen LogP contribution is -2.11. The Bertz CT molecular complexity index is 566. The van der Waals surface area contributed by atoms with E-state index in [2.05, 4.69) is 71.2 Å². The number of rotatable bonds is 3. The second-order valence-electron chi connectivity index (χ2n) is 4.57. The molecule has 1 aliphatic carbocycles. The van der Waals surface area contributed by atoms with Gasteiger partial charge in [-0.3, -0.25) is 0 Å². The molecule has 0 saturated heterocycles. The summed E-state index contributed by atoms with van der Waals surface area (Å²) in [6, 6.07) is 10.8. The van der Waals surface area contributed by atoms with Gasteiger partial charge in [0, 0.05) is 12.4 Å². The van der Waals surface area contributed by atoms with Gasteiger partial charge in [0.05, 0.1) is 12.0 Å². The van der Waals surface area contributed by atoms with Crippen LogP contribution < -0.4 is 0 Å². The van der Waals surface area contributed by atoms with Crippen molar-refractivity contribution in [2.45, 2.75) is 18.9 Å². The number of nitrogens with zero attached hydrogens (tertiary/aromatic N) is 2. The standard InChI is InChI=1S/C16H16N2/c1-13(14-7-3-2-4-8-14)18-12-11-17-16(18)15-9-5-6-10-15/h2-13,15H,1H3/t13-/m0/s1. The molecule has 1 heterocycles. The van der Waals surface area contributed by atoms with Crippen molar-refractivity contribution in [2.24, 2.45) is 0 Å². The van der Waals surface area contributed by atoms with E-state index in [9.17, 15) is 0 Å². The fourth-order valence-corrected chi connectivity index (χ4v) is 2.41. The first-order valence-electron chi connectivity index (χ1n) is 6.29. The molecule has 0 N–H and O–H groups in total. The molecule has 0 amide bonds. The fraction of sp³-hybridized carbons (Fsp3) is 0.188. The van der Waals surface area contributed by atoms with Gasteiger partial charge in [-0.15, -0.1) is 0 Å². The number of benzene rings is 1. The van der Waals surface area contributed by atoms with Crippen molar-refractivity contribution >= 4 is 0 Å². The normalized spacial score (nSPS) is 16.3. The van der Waals surface area contributed by atoms with Crippen molar-refractivity contribution in [1.29, 1.82) is 0 Å². The minimum atomic E-state index is 0.311. The maximum Gasteiger partial charge on any atom is 0.120 e. The summed E-state index contributed by atoms with van der Waals surface area (Å²) in [4.78, 5) is 4.51. The smallest absolute Gasteiger partial charge is 0.120 e. The third-order valence-corrected chi connectivity index (χ3v) is 3.44. The van der Waals surface area contributed by atoms with E-state index in [1.165, 1.54) is 5.56 Å². The van der Waals surface area contributed by atoms with Crippen LogP contribution in [-0.4, -0.2) is 9.55 Å². The van der Waals surface area contributed by atoms with E-state index in [0.29, 0.717) is 12.0 Å². The first-order chi connectivity index (χ1) is 8.86. The molecule has 1 aromatic carbocycles. The van der Waals surface area contributed by atoms with Crippen molar-refractivity contribution in [3.63, 3.8) is 0 Å². The van der Waals surface area contributed by atoms with Gasteiger partial charge in [0.15, 0.2) is 0 Å². The second-order valence-corrected chi connectivity index (χ2v) is 4.57. The van der Waals surface area contributed by atoms with Crippen molar-refractivity contribution in [3.05, 3.63) is 78.4 Å². The zero-order valence-electron chi connectivity index (χ0n) is 10.4. The number of allylic oxidation sites excluding steroid dienone is 4. The molecule has 1 aromatic heterocycles. The number of imidazole rings is 1. The molecule has 0 fully saturated rings. The quantitative estimate of drug-likeness (QED) is 0.794. The van der Waals surface area contributed by atoms with Gasteiger partial charge in [0.25, 0.3) is 0 Å². The fourth-order valence-electron chi connectivity index (χ4n) is 2.41. The monoisotopic (exact) mass is 236 g/mol. The van der Waals surface area contributed by atoms with E-state index in [4.69, 9.17) is 0 Å². The Morgan fingerprint density at radius 3 is 2.56 bits per heavy atom. The molecule has 1 atom stereocenters. The van der Waals surface area contributed by atoms with Crippen molar-refractivity contribution in [3.8, 4) is 0 Å². The molecular weight excluding hydrogens is 220 g/mol. The first-order valence-corrected chi connectivity index (χ1v) is 6.29. The summed E-state index contributed by atoms with van der Waals surface area (Å²) >= 11 is 0. The summed E-state index contributed by atoms with van der Waals surface area (Å²) in [5.74, 6) is 1.42. The number of hydrogen-bond donors (Lipinski definition) is 0. The van der Waals surface area contributed by atoms with Crippen LogP contribution in [0.2, 0.25) is 0 Å². The molecule has 90 valence electrons. The summed E-state index contributed by atoms with van der Waals surface area (Å²) in [5, 5.41) is 0. The molecule has 2 aromatic rings. The van der Waals surface area contributed by atoms with E-state index < -0.39 is 0 Å². The molecule has 0 unspecified atom stereocenters. The van der Waals surface area contributed by atoms with Crippen LogP contribution in [0.15, 0.2) is 67.0 Å². The van der Waals surface area contributed by atoms with E-state index >= 15 is 0 Å². The summed E-state index contributed by atoms with van der Waals surface area (Å²) in [6.45, 7) is 2.21. The number of aromatic nitrogens is 2. The summed E-state index contributed by atoms with van der Waals surface area (Å²) in [7, 11) is 0. The third kappa shape index (κ3) is 1.90. The topological polar surface area (TPSA) is 17.8 Å². The van der Waals surface area contributed by atoms with Gasteiger partial charge in [0.2, 0.25) is 0 Å². The second kappa shape index (κ2) is 4.65. The average Bonchev–Trinajstić information content (AvgIpc) is 3.09. The van der Waals surface area contributed by atoms with Crippen LogP contribution in [0.1, 0.15) is 30.3 Å². The molecule has 3 rings (SSSR count). The zero-order chi connectivity index (χ0) is 12.4. The maximum absolute atomic E-state index is 4.51. The van der Waals surface area contributed by atoms with Crippen molar-refractivity contribution < 1.29 is 0 Å². The molecular formula is C16H16N2. The highest BCUT2D eigenvalue weighted by Gasteiger charge is 2.17. The molecule has 18 heavy (non-hydrogen) atoms. The third-order valence-electron chi connectivity index (χ3n) is 3.44. The molecule has 2 heteroatoms. The highest BCUT2D eigenvalue weighted by Crippen LogP contribution is 2.26. The minimum absolute atomic E-state index is 0.311.